The molecule has 1 N–H and O–H groups in total. The van der Waals surface area contributed by atoms with Crippen molar-refractivity contribution in [3.8, 4) is 11.5 Å². The Morgan fingerprint density at radius 3 is 2.43 bits per heavy atom. The highest BCUT2D eigenvalue weighted by Crippen LogP contribution is 2.27. The van der Waals surface area contributed by atoms with Gasteiger partial charge in [0.1, 0.15) is 0 Å². The van der Waals surface area contributed by atoms with Gasteiger partial charge in [-0.25, -0.2) is 4.79 Å². The van der Waals surface area contributed by atoms with E-state index in [1.165, 1.54) is 18.4 Å². The summed E-state index contributed by atoms with van der Waals surface area (Å²) in [4.78, 5) is 14.1. The fourth-order valence-electron chi connectivity index (χ4n) is 2.91. The smallest absolute Gasteiger partial charge is 0.317 e. The van der Waals surface area contributed by atoms with E-state index in [0.717, 1.165) is 50.3 Å². The van der Waals surface area contributed by atoms with E-state index in [0.29, 0.717) is 6.54 Å². The second-order valence-electron chi connectivity index (χ2n) is 5.93. The maximum atomic E-state index is 12.1. The van der Waals surface area contributed by atoms with Crippen LogP contribution in [0.5, 0.6) is 11.5 Å². The summed E-state index contributed by atoms with van der Waals surface area (Å²) >= 11 is 0. The molecule has 1 aromatic carbocycles. The minimum absolute atomic E-state index is 0.0826. The van der Waals surface area contributed by atoms with Crippen LogP contribution in [0.1, 0.15) is 37.7 Å². The van der Waals surface area contributed by atoms with Gasteiger partial charge in [-0.1, -0.05) is 18.9 Å². The molecule has 5 heteroatoms. The molecule has 2 amide bonds. The lowest BCUT2D eigenvalue weighted by Crippen LogP contribution is -2.40. The zero-order valence-electron chi connectivity index (χ0n) is 14.3. The molecule has 0 spiro atoms. The van der Waals surface area contributed by atoms with E-state index in [2.05, 4.69) is 5.32 Å². The molecule has 1 heterocycles. The zero-order valence-corrected chi connectivity index (χ0v) is 14.3. The Labute approximate surface area is 139 Å². The minimum Gasteiger partial charge on any atom is -0.493 e. The molecule has 0 atom stereocenters. The van der Waals surface area contributed by atoms with Gasteiger partial charge < -0.3 is 19.7 Å². The normalized spacial score (nSPS) is 15.0. The van der Waals surface area contributed by atoms with Crippen molar-refractivity contribution in [2.24, 2.45) is 0 Å². The standard InChI is InChI=1S/C18H28N2O3/c1-22-16-10-9-15(14-17(16)23-2)8-7-11-19-18(21)20-12-5-3-4-6-13-20/h9-10,14H,3-8,11-13H2,1-2H3,(H,19,21). The summed E-state index contributed by atoms with van der Waals surface area (Å²) in [5.74, 6) is 1.49. The molecule has 23 heavy (non-hydrogen) atoms. The highest BCUT2D eigenvalue weighted by atomic mass is 16.5. The van der Waals surface area contributed by atoms with Gasteiger partial charge in [0, 0.05) is 19.6 Å². The Bertz CT molecular complexity index is 497. The summed E-state index contributed by atoms with van der Waals surface area (Å²) in [5, 5.41) is 3.03. The topological polar surface area (TPSA) is 50.8 Å². The SMILES string of the molecule is COc1ccc(CCCNC(=O)N2CCCCCC2)cc1OC. The molecule has 0 unspecified atom stereocenters. The van der Waals surface area contributed by atoms with E-state index in [1.807, 2.05) is 23.1 Å². The summed E-state index contributed by atoms with van der Waals surface area (Å²) < 4.78 is 10.5. The molecule has 2 rings (SSSR count). The van der Waals surface area contributed by atoms with Gasteiger partial charge in [0.05, 0.1) is 14.2 Å². The van der Waals surface area contributed by atoms with Gasteiger partial charge in [0.15, 0.2) is 11.5 Å². The van der Waals surface area contributed by atoms with E-state index in [1.54, 1.807) is 14.2 Å². The van der Waals surface area contributed by atoms with Crippen LogP contribution in [0, 0.1) is 0 Å². The van der Waals surface area contributed by atoms with E-state index in [-0.39, 0.29) is 6.03 Å². The number of ether oxygens (including phenoxy) is 2. The van der Waals surface area contributed by atoms with Gasteiger partial charge >= 0.3 is 6.03 Å². The number of carbonyl (C=O) groups is 1. The first-order valence-electron chi connectivity index (χ1n) is 8.48. The van der Waals surface area contributed by atoms with Gasteiger partial charge in [-0.3, -0.25) is 0 Å². The van der Waals surface area contributed by atoms with Crippen molar-refractivity contribution < 1.29 is 14.3 Å². The molecule has 1 aliphatic heterocycles. The molecular weight excluding hydrogens is 292 g/mol. The number of hydrogen-bond acceptors (Lipinski definition) is 3. The van der Waals surface area contributed by atoms with E-state index in [9.17, 15) is 4.79 Å². The molecule has 0 radical (unpaired) electrons. The first kappa shape index (κ1) is 17.4. The number of likely N-dealkylation sites (tertiary alicyclic amines) is 1. The molecule has 128 valence electrons. The van der Waals surface area contributed by atoms with Crippen molar-refractivity contribution in [2.45, 2.75) is 38.5 Å². The summed E-state index contributed by atoms with van der Waals surface area (Å²) in [6.07, 6.45) is 6.54. The minimum atomic E-state index is 0.0826. The zero-order chi connectivity index (χ0) is 16.5. The second kappa shape index (κ2) is 9.28. The van der Waals surface area contributed by atoms with Crippen molar-refractivity contribution in [1.82, 2.24) is 10.2 Å². The van der Waals surface area contributed by atoms with E-state index >= 15 is 0 Å². The van der Waals surface area contributed by atoms with Gasteiger partial charge in [0.25, 0.3) is 0 Å². The highest BCUT2D eigenvalue weighted by Gasteiger charge is 2.14. The number of carbonyl (C=O) groups excluding carboxylic acids is 1. The molecule has 0 saturated carbocycles. The third-order valence-corrected chi connectivity index (χ3v) is 4.26. The van der Waals surface area contributed by atoms with Crippen molar-refractivity contribution in [2.75, 3.05) is 33.9 Å². The van der Waals surface area contributed by atoms with Crippen LogP contribution in [0.25, 0.3) is 0 Å². The first-order chi connectivity index (χ1) is 11.2. The lowest BCUT2D eigenvalue weighted by molar-refractivity contribution is 0.200. The van der Waals surface area contributed by atoms with Crippen LogP contribution < -0.4 is 14.8 Å². The summed E-state index contributed by atoms with van der Waals surface area (Å²) in [6, 6.07) is 6.04. The van der Waals surface area contributed by atoms with Crippen LogP contribution in [-0.2, 0) is 6.42 Å². The van der Waals surface area contributed by atoms with E-state index in [4.69, 9.17) is 9.47 Å². The Morgan fingerprint density at radius 2 is 1.78 bits per heavy atom. The van der Waals surface area contributed by atoms with Crippen LogP contribution in [0.3, 0.4) is 0 Å². The molecule has 1 aromatic rings. The van der Waals surface area contributed by atoms with Gasteiger partial charge in [-0.15, -0.1) is 0 Å². The van der Waals surface area contributed by atoms with Gasteiger partial charge in [-0.2, -0.15) is 0 Å². The average molecular weight is 320 g/mol. The Balaban J connectivity index is 1.73. The first-order valence-corrected chi connectivity index (χ1v) is 8.48. The molecule has 5 nitrogen and oxygen atoms in total. The molecular formula is C18H28N2O3. The average Bonchev–Trinajstić information content (AvgIpc) is 2.87. The number of rotatable bonds is 6. The third-order valence-electron chi connectivity index (χ3n) is 4.26. The lowest BCUT2D eigenvalue weighted by Gasteiger charge is -2.20. The third kappa shape index (κ3) is 5.34. The monoisotopic (exact) mass is 320 g/mol. The maximum absolute atomic E-state index is 12.1. The van der Waals surface area contributed by atoms with Gasteiger partial charge in [-0.05, 0) is 43.4 Å². The molecule has 0 bridgehead atoms. The number of nitrogens with zero attached hydrogens (tertiary/aromatic N) is 1. The van der Waals surface area contributed by atoms with Crippen molar-refractivity contribution in [3.63, 3.8) is 0 Å². The number of amides is 2. The lowest BCUT2D eigenvalue weighted by atomic mass is 10.1. The molecule has 1 saturated heterocycles. The number of hydrogen-bond donors (Lipinski definition) is 1. The molecule has 1 aliphatic rings. The Morgan fingerprint density at radius 1 is 1.09 bits per heavy atom. The molecule has 1 fully saturated rings. The van der Waals surface area contributed by atoms with Crippen LogP contribution >= 0.6 is 0 Å². The highest BCUT2D eigenvalue weighted by molar-refractivity contribution is 5.74. The van der Waals surface area contributed by atoms with Crippen LogP contribution in [0.4, 0.5) is 4.79 Å². The maximum Gasteiger partial charge on any atom is 0.317 e. The predicted molar refractivity (Wildman–Crippen MR) is 91.3 cm³/mol. The second-order valence-corrected chi connectivity index (χ2v) is 5.93. The Kier molecular flexibility index (Phi) is 7.04. The summed E-state index contributed by atoms with van der Waals surface area (Å²) in [5.41, 5.74) is 1.19. The predicted octanol–water partition coefficient (Wildman–Crippen LogP) is 3.22. The van der Waals surface area contributed by atoms with Gasteiger partial charge in [0.2, 0.25) is 0 Å². The number of urea groups is 1. The largest absolute Gasteiger partial charge is 0.493 e. The summed E-state index contributed by atoms with van der Waals surface area (Å²) in [6.45, 7) is 2.48. The number of aryl methyl sites for hydroxylation is 1. The number of benzene rings is 1. The molecule has 0 aliphatic carbocycles. The fourth-order valence-corrected chi connectivity index (χ4v) is 2.91. The van der Waals surface area contributed by atoms with Crippen molar-refractivity contribution in [1.29, 1.82) is 0 Å². The number of methoxy groups -OCH3 is 2. The quantitative estimate of drug-likeness (QED) is 0.819. The fraction of sp³-hybridized carbons (Fsp3) is 0.611. The number of nitrogens with one attached hydrogen (secondary N) is 1. The van der Waals surface area contributed by atoms with Crippen LogP contribution in [0.15, 0.2) is 18.2 Å². The Hall–Kier alpha value is -1.91. The molecule has 0 aromatic heterocycles. The summed E-state index contributed by atoms with van der Waals surface area (Å²) in [7, 11) is 3.28. The van der Waals surface area contributed by atoms with Crippen LogP contribution in [0.2, 0.25) is 0 Å². The van der Waals surface area contributed by atoms with Crippen LogP contribution in [-0.4, -0.2) is 44.8 Å². The van der Waals surface area contributed by atoms with Crippen molar-refractivity contribution >= 4 is 6.03 Å². The van der Waals surface area contributed by atoms with E-state index < -0.39 is 0 Å². The van der Waals surface area contributed by atoms with Crippen molar-refractivity contribution in [3.05, 3.63) is 23.8 Å².